The SMILES string of the molecule is CN(CCC#N)C(=O)CS(=O)(=O)c1cccc(F)c1. The first-order valence-corrected chi connectivity index (χ1v) is 7.11. The highest BCUT2D eigenvalue weighted by molar-refractivity contribution is 7.92. The second-order valence-corrected chi connectivity index (χ2v) is 5.93. The zero-order valence-electron chi connectivity index (χ0n) is 10.3. The molecule has 0 aliphatic carbocycles. The van der Waals surface area contributed by atoms with Crippen LogP contribution >= 0.6 is 0 Å². The fourth-order valence-corrected chi connectivity index (χ4v) is 2.65. The van der Waals surface area contributed by atoms with Crippen molar-refractivity contribution >= 4 is 15.7 Å². The number of carbonyl (C=O) groups is 1. The van der Waals surface area contributed by atoms with Crippen LogP contribution in [0.5, 0.6) is 0 Å². The Labute approximate surface area is 111 Å². The maximum Gasteiger partial charge on any atom is 0.237 e. The summed E-state index contributed by atoms with van der Waals surface area (Å²) in [4.78, 5) is 12.6. The summed E-state index contributed by atoms with van der Waals surface area (Å²) in [7, 11) is -2.45. The van der Waals surface area contributed by atoms with Crippen LogP contribution in [-0.4, -0.2) is 38.6 Å². The van der Waals surface area contributed by atoms with Gasteiger partial charge in [-0.3, -0.25) is 4.79 Å². The molecule has 0 aliphatic rings. The van der Waals surface area contributed by atoms with Crippen LogP contribution in [0.1, 0.15) is 6.42 Å². The van der Waals surface area contributed by atoms with Gasteiger partial charge < -0.3 is 4.90 Å². The minimum absolute atomic E-state index is 0.127. The Bertz CT molecular complexity index is 608. The van der Waals surface area contributed by atoms with Gasteiger partial charge in [-0.05, 0) is 18.2 Å². The van der Waals surface area contributed by atoms with E-state index in [9.17, 15) is 17.6 Å². The lowest BCUT2D eigenvalue weighted by Gasteiger charge is -2.15. The number of nitrogens with zero attached hydrogens (tertiary/aromatic N) is 2. The first-order valence-electron chi connectivity index (χ1n) is 5.46. The summed E-state index contributed by atoms with van der Waals surface area (Å²) in [5.74, 6) is -2.04. The Morgan fingerprint density at radius 3 is 2.74 bits per heavy atom. The van der Waals surface area contributed by atoms with Crippen molar-refractivity contribution in [2.45, 2.75) is 11.3 Å². The van der Waals surface area contributed by atoms with Gasteiger partial charge in [0.2, 0.25) is 5.91 Å². The van der Waals surface area contributed by atoms with Gasteiger partial charge in [0.1, 0.15) is 11.6 Å². The summed E-state index contributed by atoms with van der Waals surface area (Å²) in [5, 5.41) is 8.39. The lowest BCUT2D eigenvalue weighted by molar-refractivity contribution is -0.127. The number of amides is 1. The Balaban J connectivity index is 2.81. The molecule has 102 valence electrons. The van der Waals surface area contributed by atoms with E-state index in [1.807, 2.05) is 6.07 Å². The van der Waals surface area contributed by atoms with Crippen LogP contribution in [0.2, 0.25) is 0 Å². The number of carbonyl (C=O) groups excluding carboxylic acids is 1. The molecule has 0 unspecified atom stereocenters. The average molecular weight is 284 g/mol. The standard InChI is InChI=1S/C12H13FN2O3S/c1-15(7-3-6-14)12(16)9-19(17,18)11-5-2-4-10(13)8-11/h2,4-5,8H,3,7,9H2,1H3. The topological polar surface area (TPSA) is 78.2 Å². The number of sulfone groups is 1. The monoisotopic (exact) mass is 284 g/mol. The van der Waals surface area contributed by atoms with Crippen molar-refractivity contribution in [2.75, 3.05) is 19.3 Å². The molecule has 0 atom stereocenters. The number of hydrogen-bond acceptors (Lipinski definition) is 4. The Morgan fingerprint density at radius 2 is 2.16 bits per heavy atom. The molecular formula is C12H13FN2O3S. The number of benzene rings is 1. The summed E-state index contributed by atoms with van der Waals surface area (Å²) in [6.07, 6.45) is 0.127. The van der Waals surface area contributed by atoms with Crippen LogP contribution in [0.25, 0.3) is 0 Å². The van der Waals surface area contributed by atoms with Gasteiger partial charge in [0.15, 0.2) is 9.84 Å². The summed E-state index contributed by atoms with van der Waals surface area (Å²) >= 11 is 0. The van der Waals surface area contributed by atoms with Crippen LogP contribution in [0.3, 0.4) is 0 Å². The molecule has 0 aromatic heterocycles. The van der Waals surface area contributed by atoms with E-state index in [-0.39, 0.29) is 17.9 Å². The van der Waals surface area contributed by atoms with Crippen molar-refractivity contribution in [3.05, 3.63) is 30.1 Å². The molecule has 0 bridgehead atoms. The Morgan fingerprint density at radius 1 is 1.47 bits per heavy atom. The number of nitriles is 1. The molecule has 1 rings (SSSR count). The molecule has 0 fully saturated rings. The Kier molecular flexibility index (Phi) is 5.01. The first kappa shape index (κ1) is 15.1. The molecule has 0 saturated heterocycles. The van der Waals surface area contributed by atoms with Gasteiger partial charge in [-0.1, -0.05) is 6.07 Å². The molecule has 0 heterocycles. The highest BCUT2D eigenvalue weighted by Crippen LogP contribution is 2.13. The third-order valence-electron chi connectivity index (χ3n) is 2.45. The maximum absolute atomic E-state index is 13.0. The molecule has 19 heavy (non-hydrogen) atoms. The summed E-state index contributed by atoms with van der Waals surface area (Å²) in [6, 6.07) is 6.37. The van der Waals surface area contributed by atoms with Gasteiger partial charge in [0, 0.05) is 13.6 Å². The van der Waals surface area contributed by atoms with E-state index in [0.717, 1.165) is 12.1 Å². The molecule has 1 amide bonds. The molecule has 0 N–H and O–H groups in total. The zero-order chi connectivity index (χ0) is 14.5. The smallest absolute Gasteiger partial charge is 0.237 e. The summed E-state index contributed by atoms with van der Waals surface area (Å²) < 4.78 is 36.8. The fourth-order valence-electron chi connectivity index (χ4n) is 1.36. The van der Waals surface area contributed by atoms with Crippen molar-refractivity contribution in [3.8, 4) is 6.07 Å². The molecule has 0 spiro atoms. The van der Waals surface area contributed by atoms with Crippen LogP contribution in [-0.2, 0) is 14.6 Å². The molecule has 7 heteroatoms. The van der Waals surface area contributed by atoms with Crippen LogP contribution in [0.15, 0.2) is 29.2 Å². The molecule has 1 aromatic carbocycles. The molecular weight excluding hydrogens is 271 g/mol. The number of hydrogen-bond donors (Lipinski definition) is 0. The third-order valence-corrected chi connectivity index (χ3v) is 4.05. The van der Waals surface area contributed by atoms with Crippen molar-refractivity contribution in [1.29, 1.82) is 5.26 Å². The van der Waals surface area contributed by atoms with Gasteiger partial charge >= 0.3 is 0 Å². The lowest BCUT2D eigenvalue weighted by Crippen LogP contribution is -2.33. The van der Waals surface area contributed by atoms with E-state index in [2.05, 4.69) is 0 Å². The summed E-state index contributed by atoms with van der Waals surface area (Å²) in [5.41, 5.74) is 0. The van der Waals surface area contributed by atoms with Gasteiger partial charge in [-0.2, -0.15) is 5.26 Å². The maximum atomic E-state index is 13.0. The van der Waals surface area contributed by atoms with E-state index in [1.165, 1.54) is 24.1 Å². The predicted molar refractivity (Wildman–Crippen MR) is 66.3 cm³/mol. The normalized spacial score (nSPS) is 10.8. The van der Waals surface area contributed by atoms with E-state index in [1.54, 1.807) is 0 Å². The fraction of sp³-hybridized carbons (Fsp3) is 0.333. The predicted octanol–water partition coefficient (Wildman–Crippen LogP) is 0.971. The van der Waals surface area contributed by atoms with Gasteiger partial charge in [0.05, 0.1) is 17.4 Å². The zero-order valence-corrected chi connectivity index (χ0v) is 11.2. The van der Waals surface area contributed by atoms with Crippen LogP contribution in [0, 0.1) is 17.1 Å². The number of halogens is 1. The second kappa shape index (κ2) is 6.29. The average Bonchev–Trinajstić information content (AvgIpc) is 2.35. The van der Waals surface area contributed by atoms with Gasteiger partial charge in [-0.25, -0.2) is 12.8 Å². The quantitative estimate of drug-likeness (QED) is 0.807. The molecule has 0 radical (unpaired) electrons. The first-order chi connectivity index (χ1) is 8.86. The van der Waals surface area contributed by atoms with Crippen molar-refractivity contribution < 1.29 is 17.6 Å². The van der Waals surface area contributed by atoms with E-state index in [0.29, 0.717) is 0 Å². The van der Waals surface area contributed by atoms with E-state index in [4.69, 9.17) is 5.26 Å². The molecule has 5 nitrogen and oxygen atoms in total. The van der Waals surface area contributed by atoms with Crippen LogP contribution in [0.4, 0.5) is 4.39 Å². The number of rotatable bonds is 5. The second-order valence-electron chi connectivity index (χ2n) is 3.94. The molecule has 1 aromatic rings. The van der Waals surface area contributed by atoms with E-state index >= 15 is 0 Å². The van der Waals surface area contributed by atoms with Crippen molar-refractivity contribution in [2.24, 2.45) is 0 Å². The van der Waals surface area contributed by atoms with Gasteiger partial charge in [-0.15, -0.1) is 0 Å². The molecule has 0 aliphatic heterocycles. The highest BCUT2D eigenvalue weighted by atomic mass is 32.2. The molecule has 0 saturated carbocycles. The highest BCUT2D eigenvalue weighted by Gasteiger charge is 2.21. The Hall–Kier alpha value is -1.94. The van der Waals surface area contributed by atoms with Crippen molar-refractivity contribution in [3.63, 3.8) is 0 Å². The minimum atomic E-state index is -3.87. The minimum Gasteiger partial charge on any atom is -0.344 e. The third kappa shape index (κ3) is 4.34. The van der Waals surface area contributed by atoms with E-state index < -0.39 is 27.3 Å². The lowest BCUT2D eigenvalue weighted by atomic mass is 10.4. The van der Waals surface area contributed by atoms with Crippen molar-refractivity contribution in [1.82, 2.24) is 4.90 Å². The van der Waals surface area contributed by atoms with Gasteiger partial charge in [0.25, 0.3) is 0 Å². The van der Waals surface area contributed by atoms with Crippen LogP contribution < -0.4 is 0 Å². The largest absolute Gasteiger partial charge is 0.344 e. The summed E-state index contributed by atoms with van der Waals surface area (Å²) in [6.45, 7) is 0.161.